The van der Waals surface area contributed by atoms with Gasteiger partial charge in [-0.3, -0.25) is 4.68 Å². The molecule has 1 aliphatic heterocycles. The normalized spacial score (nSPS) is 15.0. The lowest BCUT2D eigenvalue weighted by molar-refractivity contribution is 0.0516. The summed E-state index contributed by atoms with van der Waals surface area (Å²) in [4.78, 5) is 12.2. The van der Waals surface area contributed by atoms with E-state index in [1.807, 2.05) is 0 Å². The highest BCUT2D eigenvalue weighted by atomic mass is 19.3. The van der Waals surface area contributed by atoms with Gasteiger partial charge in [-0.1, -0.05) is 6.07 Å². The smallest absolute Gasteiger partial charge is 0.359 e. The number of aromatic nitrogens is 2. The largest absolute Gasteiger partial charge is 0.461 e. The van der Waals surface area contributed by atoms with Crippen LogP contribution in [0.4, 0.5) is 13.2 Å². The number of esters is 1. The van der Waals surface area contributed by atoms with Crippen LogP contribution in [0.3, 0.4) is 0 Å². The molecule has 1 aromatic heterocycles. The second-order valence-corrected chi connectivity index (χ2v) is 6.12. The molecule has 2 heterocycles. The van der Waals surface area contributed by atoms with Crippen LogP contribution < -0.4 is 5.32 Å². The topological polar surface area (TPSA) is 56.1 Å². The Balaban J connectivity index is 2.09. The molecule has 1 unspecified atom stereocenters. The minimum Gasteiger partial charge on any atom is -0.461 e. The van der Waals surface area contributed by atoms with E-state index in [2.05, 4.69) is 10.4 Å². The summed E-state index contributed by atoms with van der Waals surface area (Å²) in [6.07, 6.45) is -2.14. The average molecular weight is 367 g/mol. The first-order chi connectivity index (χ1) is 12.4. The molecule has 1 aromatic carbocycles. The van der Waals surface area contributed by atoms with Gasteiger partial charge in [0.15, 0.2) is 5.69 Å². The van der Waals surface area contributed by atoms with Gasteiger partial charge in [0.1, 0.15) is 5.82 Å². The van der Waals surface area contributed by atoms with E-state index in [4.69, 9.17) is 4.74 Å². The summed E-state index contributed by atoms with van der Waals surface area (Å²) >= 11 is 0. The number of carbonyl (C=O) groups excluding carboxylic acids is 1. The monoisotopic (exact) mass is 367 g/mol. The van der Waals surface area contributed by atoms with Gasteiger partial charge in [0, 0.05) is 36.3 Å². The molecule has 0 bridgehead atoms. The maximum Gasteiger partial charge on any atom is 0.359 e. The number of halogens is 3. The van der Waals surface area contributed by atoms with Crippen molar-refractivity contribution in [3.8, 4) is 0 Å². The summed E-state index contributed by atoms with van der Waals surface area (Å²) in [7, 11) is 0. The first-order valence-electron chi connectivity index (χ1n) is 8.49. The lowest BCUT2D eigenvalue weighted by Crippen LogP contribution is -2.26. The summed E-state index contributed by atoms with van der Waals surface area (Å²) < 4.78 is 47.0. The van der Waals surface area contributed by atoms with Crippen molar-refractivity contribution in [2.75, 3.05) is 13.2 Å². The van der Waals surface area contributed by atoms with Gasteiger partial charge in [-0.05, 0) is 31.5 Å². The van der Waals surface area contributed by atoms with Gasteiger partial charge in [-0.25, -0.2) is 18.0 Å². The van der Waals surface area contributed by atoms with Crippen LogP contribution in [0.1, 0.15) is 59.2 Å². The summed E-state index contributed by atoms with van der Waals surface area (Å²) in [5.74, 6) is -1.14. The van der Waals surface area contributed by atoms with Crippen molar-refractivity contribution in [3.63, 3.8) is 0 Å². The Kier molecular flexibility index (Phi) is 5.31. The van der Waals surface area contributed by atoms with Crippen molar-refractivity contribution < 1.29 is 22.7 Å². The van der Waals surface area contributed by atoms with Gasteiger partial charge in [0.25, 0.3) is 6.43 Å². The first-order valence-corrected chi connectivity index (χ1v) is 8.49. The minimum atomic E-state index is -2.73. The Morgan fingerprint density at radius 2 is 2.15 bits per heavy atom. The first kappa shape index (κ1) is 18.4. The summed E-state index contributed by atoms with van der Waals surface area (Å²) in [5.41, 5.74) is 1.57. The van der Waals surface area contributed by atoms with E-state index < -0.39 is 24.3 Å². The zero-order chi connectivity index (χ0) is 18.8. The zero-order valence-corrected chi connectivity index (χ0v) is 14.6. The quantitative estimate of drug-likeness (QED) is 0.823. The summed E-state index contributed by atoms with van der Waals surface area (Å²) in [6, 6.07) is 2.57. The van der Waals surface area contributed by atoms with E-state index in [-0.39, 0.29) is 23.4 Å². The van der Waals surface area contributed by atoms with Gasteiger partial charge in [-0.2, -0.15) is 5.10 Å². The van der Waals surface area contributed by atoms with Crippen molar-refractivity contribution in [1.82, 2.24) is 15.1 Å². The van der Waals surface area contributed by atoms with Crippen LogP contribution in [0, 0.1) is 5.82 Å². The number of hydrogen-bond donors (Lipinski definition) is 1. The predicted molar refractivity (Wildman–Crippen MR) is 88.8 cm³/mol. The predicted octanol–water partition coefficient (Wildman–Crippen LogP) is 3.39. The van der Waals surface area contributed by atoms with Gasteiger partial charge < -0.3 is 10.1 Å². The van der Waals surface area contributed by atoms with E-state index in [1.165, 1.54) is 0 Å². The molecule has 0 saturated heterocycles. The van der Waals surface area contributed by atoms with Gasteiger partial charge in [-0.15, -0.1) is 0 Å². The molecular weight excluding hydrogens is 347 g/mol. The van der Waals surface area contributed by atoms with E-state index in [0.29, 0.717) is 25.1 Å². The molecule has 2 aromatic rings. The lowest BCUT2D eigenvalue weighted by atomic mass is 10.00. The molecule has 0 amide bonds. The molecule has 0 fully saturated rings. The number of ether oxygens (including phenoxy) is 1. The highest BCUT2D eigenvalue weighted by molar-refractivity contribution is 5.89. The highest BCUT2D eigenvalue weighted by Gasteiger charge is 2.29. The zero-order valence-electron chi connectivity index (χ0n) is 14.6. The molecule has 0 saturated carbocycles. The fourth-order valence-corrected chi connectivity index (χ4v) is 3.30. The fraction of sp³-hybridized carbons (Fsp3) is 0.444. The third-order valence-corrected chi connectivity index (χ3v) is 4.53. The number of carbonyl (C=O) groups is 1. The molecular formula is C18H20F3N3O2. The van der Waals surface area contributed by atoms with E-state index in [9.17, 15) is 18.0 Å². The number of alkyl halides is 2. The Bertz CT molecular complexity index is 820. The molecule has 140 valence electrons. The molecule has 1 aliphatic rings. The second kappa shape index (κ2) is 7.49. The minimum absolute atomic E-state index is 0.152. The van der Waals surface area contributed by atoms with Crippen LogP contribution in [0.2, 0.25) is 0 Å². The number of hydrogen-bond acceptors (Lipinski definition) is 4. The fourth-order valence-electron chi connectivity index (χ4n) is 3.30. The Hall–Kier alpha value is -2.35. The number of rotatable bonds is 5. The Morgan fingerprint density at radius 3 is 2.85 bits per heavy atom. The molecule has 0 spiro atoms. The molecule has 0 radical (unpaired) electrons. The van der Waals surface area contributed by atoms with Crippen LogP contribution in [-0.2, 0) is 17.7 Å². The highest BCUT2D eigenvalue weighted by Crippen LogP contribution is 2.32. The number of fused-ring (bicyclic) bond motifs is 1. The van der Waals surface area contributed by atoms with E-state index >= 15 is 0 Å². The summed E-state index contributed by atoms with van der Waals surface area (Å²) in [6.45, 7) is 4.71. The van der Waals surface area contributed by atoms with Crippen molar-refractivity contribution in [2.24, 2.45) is 0 Å². The lowest BCUT2D eigenvalue weighted by Gasteiger charge is -2.21. The second-order valence-electron chi connectivity index (χ2n) is 6.12. The van der Waals surface area contributed by atoms with Gasteiger partial charge in [0.05, 0.1) is 12.6 Å². The van der Waals surface area contributed by atoms with Crippen LogP contribution >= 0.6 is 0 Å². The number of nitrogens with zero attached hydrogens (tertiary/aromatic N) is 2. The van der Waals surface area contributed by atoms with Crippen molar-refractivity contribution in [3.05, 3.63) is 52.1 Å². The molecule has 3 rings (SSSR count). The Morgan fingerprint density at radius 1 is 1.38 bits per heavy atom. The molecule has 8 heteroatoms. The molecule has 1 N–H and O–H groups in total. The molecule has 0 aliphatic carbocycles. The summed E-state index contributed by atoms with van der Waals surface area (Å²) in [5, 5.41) is 7.52. The molecule has 26 heavy (non-hydrogen) atoms. The van der Waals surface area contributed by atoms with Crippen LogP contribution in [-0.4, -0.2) is 28.9 Å². The number of nitrogens with one attached hydrogen (secondary N) is 1. The number of benzene rings is 1. The third-order valence-electron chi connectivity index (χ3n) is 4.53. The standard InChI is InChI=1S/C18H20F3N3O2/c1-3-26-18(25)16-14-9-22-7-6-15(14)24(23-16)10(2)13-8-11(19)4-5-12(13)17(20)21/h4-5,8,10,17,22H,3,6-7,9H2,1-2H3. The molecule has 1 atom stereocenters. The van der Waals surface area contributed by atoms with E-state index in [1.54, 1.807) is 18.5 Å². The van der Waals surface area contributed by atoms with Crippen LogP contribution in [0.5, 0.6) is 0 Å². The van der Waals surface area contributed by atoms with Crippen molar-refractivity contribution in [2.45, 2.75) is 39.3 Å². The third kappa shape index (κ3) is 3.33. The van der Waals surface area contributed by atoms with E-state index in [0.717, 1.165) is 23.9 Å². The van der Waals surface area contributed by atoms with Gasteiger partial charge >= 0.3 is 5.97 Å². The SMILES string of the molecule is CCOC(=O)c1nn(C(C)c2cc(F)ccc2C(F)F)c2c1CNCC2. The molecule has 5 nitrogen and oxygen atoms in total. The average Bonchev–Trinajstić information content (AvgIpc) is 3.00. The van der Waals surface area contributed by atoms with Crippen LogP contribution in [0.15, 0.2) is 18.2 Å². The van der Waals surface area contributed by atoms with Crippen LogP contribution in [0.25, 0.3) is 0 Å². The maximum absolute atomic E-state index is 13.7. The van der Waals surface area contributed by atoms with Crippen molar-refractivity contribution in [1.29, 1.82) is 0 Å². The van der Waals surface area contributed by atoms with Gasteiger partial charge in [0.2, 0.25) is 0 Å². The maximum atomic E-state index is 13.7. The Labute approximate surface area is 149 Å². The van der Waals surface area contributed by atoms with Crippen molar-refractivity contribution >= 4 is 5.97 Å².